The molecule has 1 rings (SSSR count). The lowest BCUT2D eigenvalue weighted by Gasteiger charge is -2.22. The van der Waals surface area contributed by atoms with E-state index in [9.17, 15) is 0 Å². The highest BCUT2D eigenvalue weighted by Gasteiger charge is 2.07. The average Bonchev–Trinajstić information content (AvgIpc) is 2.47. The van der Waals surface area contributed by atoms with Gasteiger partial charge < -0.3 is 0 Å². The van der Waals surface area contributed by atoms with Crippen molar-refractivity contribution in [1.82, 2.24) is 4.90 Å². The van der Waals surface area contributed by atoms with Crippen LogP contribution in [0, 0.1) is 12.3 Å². The first-order valence-corrected chi connectivity index (χ1v) is 4.24. The van der Waals surface area contributed by atoms with Crippen LogP contribution in [0.15, 0.2) is 30.2 Å². The third-order valence-electron chi connectivity index (χ3n) is 1.84. The maximum Gasteiger partial charge on any atom is 0.124 e. The summed E-state index contributed by atoms with van der Waals surface area (Å²) < 4.78 is 61.9. The molecule has 0 aromatic heterocycles. The smallest absolute Gasteiger partial charge is 0.124 e. The number of nitrogens with zero attached hydrogens (tertiary/aromatic N) is 1. The number of rotatable bonds is 4. The Bertz CT molecular complexity index is 602. The Labute approximate surface area is 98.0 Å². The van der Waals surface area contributed by atoms with Crippen molar-refractivity contribution < 1.29 is 11.0 Å². The molecular formula is C13H17N. The van der Waals surface area contributed by atoms with Gasteiger partial charge in [-0.2, -0.15) is 0 Å². The maximum absolute atomic E-state index is 8.25. The molecule has 0 saturated carbocycles. The summed E-state index contributed by atoms with van der Waals surface area (Å²) in [6.45, 7) is 1.69. The fraction of sp³-hybridized carbons (Fsp3) is 0.385. The molecule has 1 atom stereocenters. The minimum Gasteiger partial charge on any atom is -0.292 e. The van der Waals surface area contributed by atoms with Crippen molar-refractivity contribution in [2.24, 2.45) is 0 Å². The van der Waals surface area contributed by atoms with Crippen LogP contribution in [0.4, 0.5) is 0 Å². The second-order valence-electron chi connectivity index (χ2n) is 2.91. The van der Waals surface area contributed by atoms with Crippen molar-refractivity contribution in [1.29, 1.82) is 0 Å². The lowest BCUT2D eigenvalue weighted by atomic mass is 10.1. The molecule has 74 valence electrons. The Morgan fingerprint density at radius 3 is 3.00 bits per heavy atom. The van der Waals surface area contributed by atoms with Crippen LogP contribution in [0.2, 0.25) is 0 Å². The summed E-state index contributed by atoms with van der Waals surface area (Å²) in [7, 11) is 1.60. The fourth-order valence-corrected chi connectivity index (χ4v) is 0.903. The Morgan fingerprint density at radius 2 is 2.36 bits per heavy atom. The molecular weight excluding hydrogens is 170 g/mol. The van der Waals surface area contributed by atoms with Gasteiger partial charge in [0.15, 0.2) is 0 Å². The molecule has 0 bridgehead atoms. The van der Waals surface area contributed by atoms with E-state index in [1.807, 2.05) is 6.40 Å². The van der Waals surface area contributed by atoms with Crippen molar-refractivity contribution in [2.45, 2.75) is 19.3 Å². The highest BCUT2D eigenvalue weighted by molar-refractivity contribution is 5.15. The number of hydrogen-bond donors (Lipinski definition) is 0. The quantitative estimate of drug-likeness (QED) is 0.666. The van der Waals surface area contributed by atoms with Crippen LogP contribution >= 0.6 is 0 Å². The Balaban J connectivity index is 3.42. The molecule has 14 heavy (non-hydrogen) atoms. The number of likely N-dealkylation sites (N-methyl/N-ethyl adjacent to an activating group) is 1. The van der Waals surface area contributed by atoms with Gasteiger partial charge in [0.05, 0.1) is 13.4 Å². The second-order valence-corrected chi connectivity index (χ2v) is 2.91. The molecule has 0 aliphatic heterocycles. The van der Waals surface area contributed by atoms with Crippen LogP contribution < -0.4 is 0 Å². The SMILES string of the molecule is [2H]C#CCN(C)[C@H](C)C([2H])([2H])c1c([2H])c([2H])c([2H])c([2H])c1[2H]. The van der Waals surface area contributed by atoms with Crippen molar-refractivity contribution in [2.75, 3.05) is 13.6 Å². The molecule has 0 fully saturated rings. The molecule has 0 radical (unpaired) electrons. The molecule has 0 unspecified atom stereocenters. The molecule has 0 saturated heterocycles. The van der Waals surface area contributed by atoms with E-state index < -0.39 is 42.6 Å². The summed E-state index contributed by atoms with van der Waals surface area (Å²) in [5.41, 5.74) is -0.364. The molecule has 0 aliphatic carbocycles. The van der Waals surface area contributed by atoms with E-state index in [1.165, 1.54) is 4.90 Å². The van der Waals surface area contributed by atoms with Crippen LogP contribution in [0.25, 0.3) is 0 Å². The third-order valence-corrected chi connectivity index (χ3v) is 1.84. The summed E-state index contributed by atoms with van der Waals surface area (Å²) in [5.74, 6) is 2.49. The molecule has 0 spiro atoms. The van der Waals surface area contributed by atoms with Gasteiger partial charge in [0.2, 0.25) is 0 Å². The van der Waals surface area contributed by atoms with E-state index in [-0.39, 0.29) is 12.1 Å². The second kappa shape index (κ2) is 5.47. The van der Waals surface area contributed by atoms with Crippen molar-refractivity contribution in [3.63, 3.8) is 0 Å². The lowest BCUT2D eigenvalue weighted by Crippen LogP contribution is -2.31. The first-order chi connectivity index (χ1) is 10.1. The monoisotopic (exact) mass is 195 g/mol. The van der Waals surface area contributed by atoms with Gasteiger partial charge in [-0.25, -0.2) is 0 Å². The van der Waals surface area contributed by atoms with E-state index in [1.54, 1.807) is 14.0 Å². The van der Waals surface area contributed by atoms with Crippen LogP contribution in [-0.2, 0) is 6.37 Å². The minimum atomic E-state index is -2.17. The number of hydrogen-bond acceptors (Lipinski definition) is 1. The molecule has 0 heterocycles. The highest BCUT2D eigenvalue weighted by Crippen LogP contribution is 2.06. The summed E-state index contributed by atoms with van der Waals surface area (Å²) in [4.78, 5) is 1.53. The van der Waals surface area contributed by atoms with Gasteiger partial charge in [-0.05, 0) is 25.9 Å². The first-order valence-electron chi connectivity index (χ1n) is 8.24. The molecule has 1 heteroatoms. The summed E-state index contributed by atoms with van der Waals surface area (Å²) >= 11 is 0. The highest BCUT2D eigenvalue weighted by atomic mass is 15.1. The minimum absolute atomic E-state index is 0.142. The topological polar surface area (TPSA) is 3.24 Å². The molecule has 1 aromatic rings. The largest absolute Gasteiger partial charge is 0.292 e. The van der Waals surface area contributed by atoms with E-state index in [0.29, 0.717) is 0 Å². The number of benzene rings is 1. The van der Waals surface area contributed by atoms with Crippen LogP contribution in [0.1, 0.15) is 23.5 Å². The van der Waals surface area contributed by atoms with Crippen LogP contribution in [0.3, 0.4) is 0 Å². The molecule has 0 N–H and O–H groups in total. The Morgan fingerprint density at radius 1 is 1.64 bits per heavy atom. The summed E-state index contributed by atoms with van der Waals surface area (Å²) in [6.07, 6.45) is -0.205. The summed E-state index contributed by atoms with van der Waals surface area (Å²) in [5, 5.41) is 0. The average molecular weight is 195 g/mol. The van der Waals surface area contributed by atoms with Gasteiger partial charge in [-0.3, -0.25) is 4.90 Å². The lowest BCUT2D eigenvalue weighted by molar-refractivity contribution is 0.287. The van der Waals surface area contributed by atoms with Gasteiger partial charge in [-0.15, -0.1) is 6.40 Å². The predicted molar refractivity (Wildman–Crippen MR) is 61.1 cm³/mol. The van der Waals surface area contributed by atoms with Crippen LogP contribution in [0.5, 0.6) is 0 Å². The van der Waals surface area contributed by atoms with Gasteiger partial charge in [0.25, 0.3) is 0 Å². The first kappa shape index (κ1) is 4.08. The zero-order valence-corrected chi connectivity index (χ0v) is 8.23. The van der Waals surface area contributed by atoms with Crippen molar-refractivity contribution in [3.8, 4) is 12.3 Å². The normalized spacial score (nSPS) is 21.1. The van der Waals surface area contributed by atoms with E-state index in [4.69, 9.17) is 11.0 Å². The van der Waals surface area contributed by atoms with Gasteiger partial charge >= 0.3 is 0 Å². The maximum atomic E-state index is 8.25. The standard InChI is InChI=1S/C13H17N/c1-4-10-14(3)12(2)11-13-8-6-5-7-9-13/h1,5-9,12H,10-11H2,2-3H3/t12-/m1/s1/i1D,5D,6D,7D,8D,9D,11D2. The van der Waals surface area contributed by atoms with Crippen LogP contribution in [-0.4, -0.2) is 24.5 Å². The van der Waals surface area contributed by atoms with Crippen molar-refractivity contribution in [3.05, 3.63) is 35.8 Å². The Hall–Kier alpha value is -1.26. The van der Waals surface area contributed by atoms with Gasteiger partial charge in [-0.1, -0.05) is 36.1 Å². The van der Waals surface area contributed by atoms with Gasteiger partial charge in [0.1, 0.15) is 1.37 Å². The molecule has 1 nitrogen and oxygen atoms in total. The van der Waals surface area contributed by atoms with Crippen molar-refractivity contribution >= 4 is 0 Å². The van der Waals surface area contributed by atoms with E-state index in [2.05, 4.69) is 5.92 Å². The van der Waals surface area contributed by atoms with E-state index >= 15 is 0 Å². The van der Waals surface area contributed by atoms with Gasteiger partial charge in [0, 0.05) is 8.78 Å². The fourth-order valence-electron chi connectivity index (χ4n) is 0.903. The zero-order chi connectivity index (χ0) is 17.2. The molecule has 0 amide bonds. The zero-order valence-electron chi connectivity index (χ0n) is 16.2. The van der Waals surface area contributed by atoms with E-state index in [0.717, 1.165) is 0 Å². The third kappa shape index (κ3) is 3.24. The Kier molecular flexibility index (Phi) is 1.59. The predicted octanol–water partition coefficient (Wildman–Crippen LogP) is 2.18. The number of terminal acetylenes is 1. The molecule has 1 aromatic carbocycles. The molecule has 0 aliphatic rings. The summed E-state index contributed by atoms with van der Waals surface area (Å²) in [6, 6.07) is -3.53.